The molecule has 9 nitrogen and oxygen atoms in total. The van der Waals surface area contributed by atoms with Crippen molar-refractivity contribution < 1.29 is 23.5 Å². The highest BCUT2D eigenvalue weighted by Gasteiger charge is 2.34. The maximum Gasteiger partial charge on any atom is 0.409 e. The van der Waals surface area contributed by atoms with Gasteiger partial charge in [0.25, 0.3) is 0 Å². The van der Waals surface area contributed by atoms with Gasteiger partial charge in [-0.15, -0.1) is 0 Å². The Morgan fingerprint density at radius 2 is 1.89 bits per heavy atom. The number of carbonyl (C=O) groups is 3. The van der Waals surface area contributed by atoms with Crippen molar-refractivity contribution in [1.29, 1.82) is 0 Å². The van der Waals surface area contributed by atoms with Gasteiger partial charge in [0, 0.05) is 39.3 Å². The molecule has 3 rings (SSSR count). The molecule has 2 saturated heterocycles. The van der Waals surface area contributed by atoms with Crippen LogP contribution in [0.1, 0.15) is 24.9 Å². The molecule has 1 aromatic rings. The summed E-state index contributed by atoms with van der Waals surface area (Å²) in [7, 11) is 0. The van der Waals surface area contributed by atoms with Gasteiger partial charge in [0.1, 0.15) is 11.5 Å². The Balaban J connectivity index is 1.56. The Hall–Kier alpha value is -2.55. The summed E-state index contributed by atoms with van der Waals surface area (Å²) in [6.07, 6.45) is -0.230. The number of carbonyl (C=O) groups excluding carboxylic acids is 3. The van der Waals surface area contributed by atoms with Gasteiger partial charge in [0.2, 0.25) is 11.8 Å². The van der Waals surface area contributed by atoms with Gasteiger partial charge >= 0.3 is 6.09 Å². The number of piperazine rings is 2. The molecular weight excluding hydrogens is 364 g/mol. The van der Waals surface area contributed by atoms with E-state index in [4.69, 9.17) is 9.15 Å². The van der Waals surface area contributed by atoms with Crippen LogP contribution in [0.15, 0.2) is 16.5 Å². The van der Waals surface area contributed by atoms with Crippen LogP contribution in [-0.2, 0) is 20.9 Å². The average Bonchev–Trinajstić information content (AvgIpc) is 3.09. The Bertz CT molecular complexity index is 711. The summed E-state index contributed by atoms with van der Waals surface area (Å²) in [5.74, 6) is 1.40. The minimum atomic E-state index is -0.519. The molecule has 3 amide bonds. The van der Waals surface area contributed by atoms with E-state index in [9.17, 15) is 14.4 Å². The molecule has 1 atom stereocenters. The van der Waals surface area contributed by atoms with E-state index >= 15 is 0 Å². The van der Waals surface area contributed by atoms with E-state index in [1.807, 2.05) is 24.0 Å². The van der Waals surface area contributed by atoms with E-state index in [0.29, 0.717) is 52.4 Å². The van der Waals surface area contributed by atoms with Crippen LogP contribution in [0, 0.1) is 6.92 Å². The predicted molar refractivity (Wildman–Crippen MR) is 100 cm³/mol. The molecule has 0 saturated carbocycles. The number of nitrogens with zero attached hydrogens (tertiary/aromatic N) is 3. The first-order valence-corrected chi connectivity index (χ1v) is 9.74. The number of hydrogen-bond acceptors (Lipinski definition) is 6. The number of ether oxygens (including phenoxy) is 1. The summed E-state index contributed by atoms with van der Waals surface area (Å²) in [6, 6.07) is 3.27. The number of rotatable bonds is 5. The van der Waals surface area contributed by atoms with Crippen molar-refractivity contribution in [1.82, 2.24) is 20.0 Å². The van der Waals surface area contributed by atoms with E-state index in [-0.39, 0.29) is 24.3 Å². The number of amides is 3. The van der Waals surface area contributed by atoms with Crippen LogP contribution in [0.2, 0.25) is 0 Å². The normalized spacial score (nSPS) is 20.8. The zero-order valence-corrected chi connectivity index (χ0v) is 16.5. The van der Waals surface area contributed by atoms with Crippen molar-refractivity contribution in [3.63, 3.8) is 0 Å². The minimum absolute atomic E-state index is 0.0776. The molecule has 0 bridgehead atoms. The van der Waals surface area contributed by atoms with E-state index in [2.05, 4.69) is 5.32 Å². The molecular formula is C19H28N4O5. The standard InChI is InChI=1S/C19H28N4O5/c1-3-27-19(26)22-10-8-21(9-11-22)17(24)12-16-18(25)20-6-7-23(16)13-15-5-4-14(2)28-15/h4-5,16H,3,6-13H2,1-2H3,(H,20,25). The summed E-state index contributed by atoms with van der Waals surface area (Å²) in [6.45, 7) is 7.48. The average molecular weight is 392 g/mol. The van der Waals surface area contributed by atoms with Crippen molar-refractivity contribution in [2.75, 3.05) is 45.9 Å². The Morgan fingerprint density at radius 3 is 2.54 bits per heavy atom. The molecule has 2 aliphatic rings. The van der Waals surface area contributed by atoms with Gasteiger partial charge in [-0.2, -0.15) is 0 Å². The summed E-state index contributed by atoms with van der Waals surface area (Å²) in [5, 5.41) is 2.85. The smallest absolute Gasteiger partial charge is 0.409 e. The van der Waals surface area contributed by atoms with E-state index in [0.717, 1.165) is 11.5 Å². The number of nitrogens with one attached hydrogen (secondary N) is 1. The molecule has 3 heterocycles. The molecule has 0 aliphatic carbocycles. The maximum absolute atomic E-state index is 12.8. The Labute approximate surface area is 164 Å². The summed E-state index contributed by atoms with van der Waals surface area (Å²) < 4.78 is 10.6. The van der Waals surface area contributed by atoms with Gasteiger partial charge in [0.15, 0.2) is 0 Å². The molecule has 0 radical (unpaired) electrons. The van der Waals surface area contributed by atoms with Crippen LogP contribution < -0.4 is 5.32 Å². The second kappa shape index (κ2) is 9.09. The summed E-state index contributed by atoms with van der Waals surface area (Å²) >= 11 is 0. The fraction of sp³-hybridized carbons (Fsp3) is 0.632. The summed E-state index contributed by atoms with van der Waals surface area (Å²) in [5.41, 5.74) is 0. The molecule has 9 heteroatoms. The van der Waals surface area contributed by atoms with Crippen LogP contribution >= 0.6 is 0 Å². The first-order chi connectivity index (χ1) is 13.5. The van der Waals surface area contributed by atoms with Crippen molar-refractivity contribution in [2.45, 2.75) is 32.9 Å². The fourth-order valence-corrected chi connectivity index (χ4v) is 3.59. The van der Waals surface area contributed by atoms with E-state index in [1.165, 1.54) is 0 Å². The third kappa shape index (κ3) is 4.83. The minimum Gasteiger partial charge on any atom is -0.465 e. The highest BCUT2D eigenvalue weighted by atomic mass is 16.6. The first-order valence-electron chi connectivity index (χ1n) is 9.74. The topological polar surface area (TPSA) is 95.3 Å². The molecule has 2 aliphatic heterocycles. The quantitative estimate of drug-likeness (QED) is 0.788. The van der Waals surface area contributed by atoms with Crippen LogP contribution in [0.5, 0.6) is 0 Å². The lowest BCUT2D eigenvalue weighted by Crippen LogP contribution is -2.57. The number of aryl methyl sites for hydroxylation is 1. The third-order valence-corrected chi connectivity index (χ3v) is 5.12. The molecule has 2 fully saturated rings. The molecule has 0 aromatic carbocycles. The van der Waals surface area contributed by atoms with Crippen LogP contribution in [0.3, 0.4) is 0 Å². The van der Waals surface area contributed by atoms with Gasteiger partial charge in [-0.25, -0.2) is 4.79 Å². The highest BCUT2D eigenvalue weighted by molar-refractivity contribution is 5.89. The SMILES string of the molecule is CCOC(=O)N1CCN(C(=O)CC2C(=O)NCCN2Cc2ccc(C)o2)CC1. The van der Waals surface area contributed by atoms with Gasteiger partial charge < -0.3 is 24.3 Å². The second-order valence-corrected chi connectivity index (χ2v) is 7.06. The zero-order valence-electron chi connectivity index (χ0n) is 16.5. The van der Waals surface area contributed by atoms with Gasteiger partial charge in [0.05, 0.1) is 25.6 Å². The molecule has 1 aromatic heterocycles. The monoisotopic (exact) mass is 392 g/mol. The lowest BCUT2D eigenvalue weighted by atomic mass is 10.1. The van der Waals surface area contributed by atoms with Gasteiger partial charge in [-0.1, -0.05) is 0 Å². The predicted octanol–water partition coefficient (Wildman–Crippen LogP) is 0.579. The lowest BCUT2D eigenvalue weighted by molar-refractivity contribution is -0.140. The largest absolute Gasteiger partial charge is 0.465 e. The molecule has 0 spiro atoms. The number of furan rings is 1. The van der Waals surface area contributed by atoms with Crippen LogP contribution in [0.25, 0.3) is 0 Å². The maximum atomic E-state index is 12.8. The van der Waals surface area contributed by atoms with Crippen molar-refractivity contribution in [2.24, 2.45) is 0 Å². The molecule has 1 N–H and O–H groups in total. The van der Waals surface area contributed by atoms with Gasteiger partial charge in [-0.05, 0) is 26.0 Å². The fourth-order valence-electron chi connectivity index (χ4n) is 3.59. The van der Waals surface area contributed by atoms with Crippen molar-refractivity contribution in [3.05, 3.63) is 23.7 Å². The molecule has 154 valence electrons. The zero-order chi connectivity index (χ0) is 20.1. The van der Waals surface area contributed by atoms with Gasteiger partial charge in [-0.3, -0.25) is 14.5 Å². The van der Waals surface area contributed by atoms with Crippen LogP contribution in [-0.4, -0.2) is 84.5 Å². The highest BCUT2D eigenvalue weighted by Crippen LogP contribution is 2.17. The Kier molecular flexibility index (Phi) is 6.56. The number of hydrogen-bond donors (Lipinski definition) is 1. The van der Waals surface area contributed by atoms with Crippen LogP contribution in [0.4, 0.5) is 4.79 Å². The second-order valence-electron chi connectivity index (χ2n) is 7.06. The molecule has 1 unspecified atom stereocenters. The Morgan fingerprint density at radius 1 is 1.18 bits per heavy atom. The third-order valence-electron chi connectivity index (χ3n) is 5.12. The van der Waals surface area contributed by atoms with Crippen molar-refractivity contribution in [3.8, 4) is 0 Å². The first kappa shape index (κ1) is 20.2. The summed E-state index contributed by atoms with van der Waals surface area (Å²) in [4.78, 5) is 42.3. The molecule has 28 heavy (non-hydrogen) atoms. The van der Waals surface area contributed by atoms with E-state index < -0.39 is 6.04 Å². The van der Waals surface area contributed by atoms with E-state index in [1.54, 1.807) is 16.7 Å². The lowest BCUT2D eigenvalue weighted by Gasteiger charge is -2.37. The van der Waals surface area contributed by atoms with Crippen molar-refractivity contribution >= 4 is 17.9 Å².